The molecule has 106 valence electrons. The van der Waals surface area contributed by atoms with Crippen LogP contribution >= 0.6 is 34.5 Å². The molecule has 0 aromatic carbocycles. The van der Waals surface area contributed by atoms with E-state index in [1.54, 1.807) is 17.9 Å². The van der Waals surface area contributed by atoms with E-state index < -0.39 is 0 Å². The van der Waals surface area contributed by atoms with Gasteiger partial charge in [0.15, 0.2) is 5.82 Å². The fourth-order valence-corrected chi connectivity index (χ4v) is 3.82. The van der Waals surface area contributed by atoms with Crippen molar-refractivity contribution in [1.82, 2.24) is 15.0 Å². The van der Waals surface area contributed by atoms with Gasteiger partial charge < -0.3 is 9.42 Å². The molecular weight excluding hydrogens is 321 g/mol. The third-order valence-electron chi connectivity index (χ3n) is 3.24. The van der Waals surface area contributed by atoms with Gasteiger partial charge in [0.05, 0.1) is 15.9 Å². The molecule has 0 radical (unpaired) electrons. The highest BCUT2D eigenvalue weighted by Crippen LogP contribution is 2.36. The van der Waals surface area contributed by atoms with E-state index in [1.807, 2.05) is 0 Å². The summed E-state index contributed by atoms with van der Waals surface area (Å²) in [6.45, 7) is 2.38. The first-order valence-corrected chi connectivity index (χ1v) is 7.69. The zero-order valence-electron chi connectivity index (χ0n) is 10.6. The molecule has 3 rings (SSSR count). The first kappa shape index (κ1) is 13.9. The molecular formula is C12H11Cl2N3O2S. The van der Waals surface area contributed by atoms with Crippen molar-refractivity contribution in [3.05, 3.63) is 32.0 Å². The van der Waals surface area contributed by atoms with Gasteiger partial charge in [-0.1, -0.05) is 28.4 Å². The molecule has 8 heteroatoms. The Morgan fingerprint density at radius 2 is 2.35 bits per heavy atom. The number of thiophene rings is 1. The highest BCUT2D eigenvalue weighted by Gasteiger charge is 2.34. The van der Waals surface area contributed by atoms with Gasteiger partial charge in [0.25, 0.3) is 5.91 Å². The molecule has 1 atom stereocenters. The molecule has 1 aliphatic heterocycles. The molecule has 2 aromatic rings. The smallest absolute Gasteiger partial charge is 0.256 e. The molecule has 1 saturated heterocycles. The molecule has 1 aliphatic rings. The summed E-state index contributed by atoms with van der Waals surface area (Å²) in [4.78, 5) is 18.5. The Hall–Kier alpha value is -1.11. The monoisotopic (exact) mass is 331 g/mol. The number of aromatic nitrogens is 2. The van der Waals surface area contributed by atoms with Gasteiger partial charge in [0, 0.05) is 13.5 Å². The molecule has 1 unspecified atom stereocenters. The second-order valence-electron chi connectivity index (χ2n) is 4.57. The molecule has 5 nitrogen and oxygen atoms in total. The number of hydrogen-bond acceptors (Lipinski definition) is 5. The summed E-state index contributed by atoms with van der Waals surface area (Å²) in [7, 11) is 0. The summed E-state index contributed by atoms with van der Waals surface area (Å²) in [5, 5.41) is 3.92. The van der Waals surface area contributed by atoms with Crippen LogP contribution in [-0.2, 0) is 0 Å². The molecule has 0 saturated carbocycles. The SMILES string of the molecule is Cc1nc(C2CCCN2C(=O)c2cc(Cl)sc2Cl)no1. The van der Waals surface area contributed by atoms with Crippen molar-refractivity contribution in [3.63, 3.8) is 0 Å². The Bertz CT molecular complexity index is 655. The summed E-state index contributed by atoms with van der Waals surface area (Å²) in [5.41, 5.74) is 0.439. The minimum atomic E-state index is -0.158. The molecule has 0 bridgehead atoms. The molecule has 1 amide bonds. The van der Waals surface area contributed by atoms with Crippen molar-refractivity contribution in [3.8, 4) is 0 Å². The fourth-order valence-electron chi connectivity index (χ4n) is 2.37. The fraction of sp³-hybridized carbons (Fsp3) is 0.417. The largest absolute Gasteiger partial charge is 0.340 e. The van der Waals surface area contributed by atoms with Crippen molar-refractivity contribution in [2.75, 3.05) is 6.54 Å². The summed E-state index contributed by atoms with van der Waals surface area (Å²) < 4.78 is 5.91. The highest BCUT2D eigenvalue weighted by molar-refractivity contribution is 7.20. The average Bonchev–Trinajstić information content (AvgIpc) is 3.08. The Labute approximate surface area is 129 Å². The van der Waals surface area contributed by atoms with E-state index in [9.17, 15) is 4.79 Å². The number of amides is 1. The number of aryl methyl sites for hydroxylation is 1. The molecule has 20 heavy (non-hydrogen) atoms. The second kappa shape index (κ2) is 5.35. The summed E-state index contributed by atoms with van der Waals surface area (Å²) >= 11 is 13.1. The first-order valence-electron chi connectivity index (χ1n) is 6.12. The number of nitrogens with zero attached hydrogens (tertiary/aromatic N) is 3. The second-order valence-corrected chi connectivity index (χ2v) is 6.85. The van der Waals surface area contributed by atoms with E-state index >= 15 is 0 Å². The van der Waals surface area contributed by atoms with E-state index in [0.29, 0.717) is 32.5 Å². The molecule has 1 fully saturated rings. The minimum Gasteiger partial charge on any atom is -0.340 e. The Kier molecular flexibility index (Phi) is 3.70. The average molecular weight is 332 g/mol. The maximum absolute atomic E-state index is 12.6. The van der Waals surface area contributed by atoms with E-state index in [2.05, 4.69) is 10.1 Å². The minimum absolute atomic E-state index is 0.136. The van der Waals surface area contributed by atoms with Crippen molar-refractivity contribution < 1.29 is 9.32 Å². The lowest BCUT2D eigenvalue weighted by molar-refractivity contribution is 0.0729. The topological polar surface area (TPSA) is 59.2 Å². The number of likely N-dealkylation sites (tertiary alicyclic amines) is 1. The lowest BCUT2D eigenvalue weighted by Crippen LogP contribution is -2.31. The van der Waals surface area contributed by atoms with Gasteiger partial charge in [-0.3, -0.25) is 4.79 Å². The molecule has 2 aromatic heterocycles. The lowest BCUT2D eigenvalue weighted by Gasteiger charge is -2.21. The van der Waals surface area contributed by atoms with Crippen molar-refractivity contribution in [2.45, 2.75) is 25.8 Å². The van der Waals surface area contributed by atoms with E-state index in [4.69, 9.17) is 27.7 Å². The van der Waals surface area contributed by atoms with Gasteiger partial charge in [-0.2, -0.15) is 4.98 Å². The van der Waals surface area contributed by atoms with Gasteiger partial charge in [-0.05, 0) is 18.9 Å². The number of rotatable bonds is 2. The van der Waals surface area contributed by atoms with E-state index in [0.717, 1.165) is 12.8 Å². The maximum Gasteiger partial charge on any atom is 0.256 e. The van der Waals surface area contributed by atoms with Crippen LogP contribution in [0.15, 0.2) is 10.6 Å². The zero-order valence-corrected chi connectivity index (χ0v) is 12.9. The number of halogens is 2. The van der Waals surface area contributed by atoms with Crippen LogP contribution in [0.1, 0.15) is 41.0 Å². The zero-order chi connectivity index (χ0) is 14.3. The first-order chi connectivity index (χ1) is 9.56. The van der Waals surface area contributed by atoms with E-state index in [-0.39, 0.29) is 11.9 Å². The summed E-state index contributed by atoms with van der Waals surface area (Å²) in [6, 6.07) is 1.45. The van der Waals surface area contributed by atoms with E-state index in [1.165, 1.54) is 11.3 Å². The lowest BCUT2D eigenvalue weighted by atomic mass is 10.2. The van der Waals surface area contributed by atoms with Crippen molar-refractivity contribution in [2.24, 2.45) is 0 Å². The van der Waals surface area contributed by atoms with Gasteiger partial charge in [-0.15, -0.1) is 11.3 Å². The van der Waals surface area contributed by atoms with Crippen LogP contribution in [0, 0.1) is 6.92 Å². The quantitative estimate of drug-likeness (QED) is 0.841. The summed E-state index contributed by atoms with van der Waals surface area (Å²) in [5.74, 6) is 0.907. The van der Waals surface area contributed by atoms with Gasteiger partial charge in [-0.25, -0.2) is 0 Å². The summed E-state index contributed by atoms with van der Waals surface area (Å²) in [6.07, 6.45) is 1.72. The third kappa shape index (κ3) is 2.43. The van der Waals surface area contributed by atoms with Crippen molar-refractivity contribution >= 4 is 40.4 Å². The van der Waals surface area contributed by atoms with Crippen LogP contribution in [0.25, 0.3) is 0 Å². The van der Waals surface area contributed by atoms with Gasteiger partial charge in [0.1, 0.15) is 4.34 Å². The molecule has 0 aliphatic carbocycles. The van der Waals surface area contributed by atoms with Crippen LogP contribution in [0.4, 0.5) is 0 Å². The van der Waals surface area contributed by atoms with Crippen LogP contribution < -0.4 is 0 Å². The predicted molar refractivity (Wildman–Crippen MR) is 76.4 cm³/mol. The number of carbonyl (C=O) groups is 1. The Morgan fingerprint density at radius 1 is 1.55 bits per heavy atom. The van der Waals surface area contributed by atoms with Crippen LogP contribution in [-0.4, -0.2) is 27.5 Å². The van der Waals surface area contributed by atoms with Crippen LogP contribution in [0.5, 0.6) is 0 Å². The van der Waals surface area contributed by atoms with Gasteiger partial charge >= 0.3 is 0 Å². The Morgan fingerprint density at radius 3 is 2.95 bits per heavy atom. The maximum atomic E-state index is 12.6. The molecule has 3 heterocycles. The normalized spacial score (nSPS) is 18.8. The van der Waals surface area contributed by atoms with Crippen LogP contribution in [0.3, 0.4) is 0 Å². The standard InChI is InChI=1S/C12H11Cl2N3O2S/c1-6-15-11(16-19-6)8-3-2-4-17(8)12(18)7-5-9(13)20-10(7)14/h5,8H,2-4H2,1H3. The number of hydrogen-bond donors (Lipinski definition) is 0. The molecule has 0 N–H and O–H groups in total. The van der Waals surface area contributed by atoms with Gasteiger partial charge in [0.2, 0.25) is 5.89 Å². The van der Waals surface area contributed by atoms with Crippen molar-refractivity contribution in [1.29, 1.82) is 0 Å². The Balaban J connectivity index is 1.89. The molecule has 0 spiro atoms. The number of carbonyl (C=O) groups excluding carboxylic acids is 1. The van der Waals surface area contributed by atoms with Crippen LogP contribution in [0.2, 0.25) is 8.67 Å². The predicted octanol–water partition coefficient (Wildman–Crippen LogP) is 3.72. The highest BCUT2D eigenvalue weighted by atomic mass is 35.5. The third-order valence-corrected chi connectivity index (χ3v) is 4.73.